The Morgan fingerprint density at radius 2 is 2.08 bits per heavy atom. The van der Waals surface area contributed by atoms with Crippen molar-refractivity contribution < 1.29 is 9.53 Å². The van der Waals surface area contributed by atoms with E-state index in [0.29, 0.717) is 13.0 Å². The molecule has 0 unspecified atom stereocenters. The van der Waals surface area contributed by atoms with Gasteiger partial charge in [-0.2, -0.15) is 5.10 Å². The van der Waals surface area contributed by atoms with Gasteiger partial charge in [0.25, 0.3) is 0 Å². The van der Waals surface area contributed by atoms with Crippen molar-refractivity contribution >= 4 is 11.6 Å². The van der Waals surface area contributed by atoms with Crippen molar-refractivity contribution in [2.75, 3.05) is 31.6 Å². The maximum absolute atomic E-state index is 12.3. The van der Waals surface area contributed by atoms with Gasteiger partial charge in [-0.25, -0.2) is 0 Å². The van der Waals surface area contributed by atoms with E-state index < -0.39 is 0 Å². The number of morpholine rings is 1. The average Bonchev–Trinajstić information content (AvgIpc) is 3.02. The number of rotatable bonds is 6. The number of hydrogen-bond acceptors (Lipinski definition) is 4. The summed E-state index contributed by atoms with van der Waals surface area (Å²) < 4.78 is 7.19. The fourth-order valence-corrected chi connectivity index (χ4v) is 2.94. The van der Waals surface area contributed by atoms with Crippen LogP contribution in [0.5, 0.6) is 0 Å². The lowest BCUT2D eigenvalue weighted by Gasteiger charge is -2.26. The highest BCUT2D eigenvalue weighted by Crippen LogP contribution is 2.19. The SMILES string of the molecule is Cc1cnn(CCC(=O)Nc2cc(CN3CCOCC3)ccc2C)c1. The summed E-state index contributed by atoms with van der Waals surface area (Å²) in [6.07, 6.45) is 4.16. The van der Waals surface area contributed by atoms with Crippen molar-refractivity contribution in [2.24, 2.45) is 0 Å². The summed E-state index contributed by atoms with van der Waals surface area (Å²) in [5, 5.41) is 7.25. The lowest BCUT2D eigenvalue weighted by Crippen LogP contribution is -2.35. The average molecular weight is 342 g/mol. The number of anilines is 1. The monoisotopic (exact) mass is 342 g/mol. The lowest BCUT2D eigenvalue weighted by atomic mass is 10.1. The summed E-state index contributed by atoms with van der Waals surface area (Å²) in [5.41, 5.74) is 4.29. The van der Waals surface area contributed by atoms with Gasteiger partial charge in [-0.3, -0.25) is 14.4 Å². The molecule has 0 atom stereocenters. The number of carbonyl (C=O) groups excluding carboxylic acids is 1. The van der Waals surface area contributed by atoms with Gasteiger partial charge in [-0.15, -0.1) is 0 Å². The number of aromatic nitrogens is 2. The Hall–Kier alpha value is -2.18. The molecule has 1 saturated heterocycles. The standard InChI is InChI=1S/C19H26N4O2/c1-15-12-20-23(13-15)6-5-19(24)21-18-11-17(4-3-16(18)2)14-22-7-9-25-10-8-22/h3-4,11-13H,5-10,14H2,1-2H3,(H,21,24). The third-order valence-corrected chi connectivity index (χ3v) is 4.42. The summed E-state index contributed by atoms with van der Waals surface area (Å²) in [4.78, 5) is 14.6. The van der Waals surface area contributed by atoms with E-state index in [2.05, 4.69) is 33.5 Å². The van der Waals surface area contributed by atoms with Crippen molar-refractivity contribution in [2.45, 2.75) is 33.4 Å². The van der Waals surface area contributed by atoms with Crippen molar-refractivity contribution in [1.29, 1.82) is 0 Å². The fourth-order valence-electron chi connectivity index (χ4n) is 2.94. The maximum Gasteiger partial charge on any atom is 0.226 e. The molecule has 1 fully saturated rings. The number of amides is 1. The lowest BCUT2D eigenvalue weighted by molar-refractivity contribution is -0.116. The molecule has 134 valence electrons. The summed E-state index contributed by atoms with van der Waals surface area (Å²) in [7, 11) is 0. The fraction of sp³-hybridized carbons (Fsp3) is 0.474. The summed E-state index contributed by atoms with van der Waals surface area (Å²) >= 11 is 0. The quantitative estimate of drug-likeness (QED) is 0.875. The van der Waals surface area contributed by atoms with E-state index in [1.807, 2.05) is 20.0 Å². The first-order valence-electron chi connectivity index (χ1n) is 8.79. The van der Waals surface area contributed by atoms with Gasteiger partial charge in [-0.1, -0.05) is 12.1 Å². The molecule has 6 nitrogen and oxygen atoms in total. The number of nitrogens with one attached hydrogen (secondary N) is 1. The van der Waals surface area contributed by atoms with Gasteiger partial charge in [0, 0.05) is 44.5 Å². The van der Waals surface area contributed by atoms with Crippen LogP contribution < -0.4 is 5.32 Å². The molecule has 2 aromatic rings. The van der Waals surface area contributed by atoms with E-state index in [0.717, 1.165) is 49.7 Å². The maximum atomic E-state index is 12.3. The summed E-state index contributed by atoms with van der Waals surface area (Å²) in [5.74, 6) is 0.0137. The molecule has 1 amide bonds. The van der Waals surface area contributed by atoms with E-state index in [1.165, 1.54) is 5.56 Å². The Morgan fingerprint density at radius 1 is 1.28 bits per heavy atom. The van der Waals surface area contributed by atoms with E-state index in [-0.39, 0.29) is 5.91 Å². The second-order valence-electron chi connectivity index (χ2n) is 6.62. The van der Waals surface area contributed by atoms with E-state index in [1.54, 1.807) is 10.9 Å². The summed E-state index contributed by atoms with van der Waals surface area (Å²) in [6.45, 7) is 8.99. The molecule has 3 rings (SSSR count). The number of carbonyl (C=O) groups is 1. The van der Waals surface area contributed by atoms with Crippen LogP contribution in [0.2, 0.25) is 0 Å². The highest BCUT2D eigenvalue weighted by atomic mass is 16.5. The van der Waals surface area contributed by atoms with Crippen LogP contribution in [0.1, 0.15) is 23.1 Å². The number of benzene rings is 1. The van der Waals surface area contributed by atoms with E-state index in [9.17, 15) is 4.79 Å². The highest BCUT2D eigenvalue weighted by Gasteiger charge is 2.12. The Kier molecular flexibility index (Phi) is 5.83. The van der Waals surface area contributed by atoms with Crippen LogP contribution >= 0.6 is 0 Å². The Morgan fingerprint density at radius 3 is 2.80 bits per heavy atom. The topological polar surface area (TPSA) is 59.4 Å². The number of nitrogens with zero attached hydrogens (tertiary/aromatic N) is 3. The van der Waals surface area contributed by atoms with Crippen LogP contribution in [0.25, 0.3) is 0 Å². The van der Waals surface area contributed by atoms with Gasteiger partial charge >= 0.3 is 0 Å². The van der Waals surface area contributed by atoms with Crippen molar-refractivity contribution in [1.82, 2.24) is 14.7 Å². The van der Waals surface area contributed by atoms with Crippen molar-refractivity contribution in [3.8, 4) is 0 Å². The predicted octanol–water partition coefficient (Wildman–Crippen LogP) is 2.36. The van der Waals surface area contributed by atoms with Crippen molar-refractivity contribution in [3.05, 3.63) is 47.3 Å². The molecule has 1 aliphatic rings. The first-order chi connectivity index (χ1) is 12.1. The van der Waals surface area contributed by atoms with Gasteiger partial charge in [0.2, 0.25) is 5.91 Å². The summed E-state index contributed by atoms with van der Waals surface area (Å²) in [6, 6.07) is 6.29. The Labute approximate surface area is 148 Å². The smallest absolute Gasteiger partial charge is 0.226 e. The number of hydrogen-bond donors (Lipinski definition) is 1. The number of ether oxygens (including phenoxy) is 1. The first kappa shape index (κ1) is 17.6. The number of aryl methyl sites for hydroxylation is 3. The van der Waals surface area contributed by atoms with E-state index >= 15 is 0 Å². The van der Waals surface area contributed by atoms with Crippen LogP contribution in [0, 0.1) is 13.8 Å². The second-order valence-corrected chi connectivity index (χ2v) is 6.62. The Balaban J connectivity index is 1.56. The minimum Gasteiger partial charge on any atom is -0.379 e. The first-order valence-corrected chi connectivity index (χ1v) is 8.79. The van der Waals surface area contributed by atoms with Gasteiger partial charge in [0.05, 0.1) is 19.4 Å². The molecule has 1 N–H and O–H groups in total. The highest BCUT2D eigenvalue weighted by molar-refractivity contribution is 5.91. The minimum atomic E-state index is 0.0137. The van der Waals surface area contributed by atoms with Crippen molar-refractivity contribution in [3.63, 3.8) is 0 Å². The van der Waals surface area contributed by atoms with Crippen LogP contribution in [0.4, 0.5) is 5.69 Å². The van der Waals surface area contributed by atoms with Gasteiger partial charge in [0.1, 0.15) is 0 Å². The van der Waals surface area contributed by atoms with Crippen LogP contribution in [-0.4, -0.2) is 46.9 Å². The molecule has 0 bridgehead atoms. The molecular weight excluding hydrogens is 316 g/mol. The molecule has 25 heavy (non-hydrogen) atoms. The molecule has 2 heterocycles. The molecule has 0 spiro atoms. The zero-order valence-electron chi connectivity index (χ0n) is 15.0. The van der Waals surface area contributed by atoms with Crippen LogP contribution in [0.3, 0.4) is 0 Å². The van der Waals surface area contributed by atoms with Gasteiger partial charge in [0.15, 0.2) is 0 Å². The van der Waals surface area contributed by atoms with Gasteiger partial charge in [-0.05, 0) is 36.6 Å². The predicted molar refractivity (Wildman–Crippen MR) is 97.5 cm³/mol. The molecular formula is C19H26N4O2. The van der Waals surface area contributed by atoms with Crippen LogP contribution in [0.15, 0.2) is 30.6 Å². The third kappa shape index (κ3) is 5.14. The zero-order valence-corrected chi connectivity index (χ0v) is 15.0. The molecule has 0 aliphatic carbocycles. The third-order valence-electron chi connectivity index (χ3n) is 4.42. The zero-order chi connectivity index (χ0) is 17.6. The minimum absolute atomic E-state index is 0.0137. The van der Waals surface area contributed by atoms with Gasteiger partial charge < -0.3 is 10.1 Å². The second kappa shape index (κ2) is 8.27. The molecule has 1 aromatic carbocycles. The molecule has 0 radical (unpaired) electrons. The molecule has 0 saturated carbocycles. The molecule has 1 aromatic heterocycles. The molecule has 1 aliphatic heterocycles. The molecule has 6 heteroatoms. The van der Waals surface area contributed by atoms with E-state index in [4.69, 9.17) is 4.74 Å². The largest absolute Gasteiger partial charge is 0.379 e. The van der Waals surface area contributed by atoms with Crippen LogP contribution in [-0.2, 0) is 22.6 Å². The Bertz CT molecular complexity index is 720. The normalized spacial score (nSPS) is 15.3.